The molecule has 2 unspecified atom stereocenters. The molecule has 2 atom stereocenters. The number of ether oxygens (including phenoxy) is 3. The van der Waals surface area contributed by atoms with Crippen molar-refractivity contribution in [3.8, 4) is 5.75 Å². The molecule has 18 heavy (non-hydrogen) atoms. The van der Waals surface area contributed by atoms with Crippen LogP contribution in [-0.4, -0.2) is 39.0 Å². The maximum atomic E-state index is 6.03. The maximum absolute atomic E-state index is 6.03. The van der Waals surface area contributed by atoms with E-state index in [1.807, 2.05) is 18.2 Å². The molecule has 0 saturated carbocycles. The van der Waals surface area contributed by atoms with Crippen molar-refractivity contribution < 1.29 is 14.2 Å². The lowest BCUT2D eigenvalue weighted by Crippen LogP contribution is -2.33. The number of hydrogen-bond acceptors (Lipinski definition) is 4. The zero-order valence-electron chi connectivity index (χ0n) is 10.4. The first kappa shape index (κ1) is 12.0. The Morgan fingerprint density at radius 1 is 1.22 bits per heavy atom. The number of morpholine rings is 1. The minimum Gasteiger partial charge on any atom is -0.488 e. The van der Waals surface area contributed by atoms with Gasteiger partial charge in [-0.15, -0.1) is 0 Å². The quantitative estimate of drug-likeness (QED) is 0.881. The Hall–Kier alpha value is -1.10. The standard InChI is InChI=1S/C14H19NO3/c1-2-4-13(18-11-5-7-16-10-11)12(3-1)14-9-15-6-8-17-14/h1-4,11,14-15H,5-10H2. The highest BCUT2D eigenvalue weighted by atomic mass is 16.5. The predicted octanol–water partition coefficient (Wildman–Crippen LogP) is 1.52. The van der Waals surface area contributed by atoms with Crippen molar-refractivity contribution in [1.29, 1.82) is 0 Å². The Morgan fingerprint density at radius 3 is 2.94 bits per heavy atom. The molecule has 2 fully saturated rings. The smallest absolute Gasteiger partial charge is 0.125 e. The summed E-state index contributed by atoms with van der Waals surface area (Å²) in [7, 11) is 0. The third-order valence-corrected chi connectivity index (χ3v) is 3.38. The van der Waals surface area contributed by atoms with Crippen molar-refractivity contribution in [3.05, 3.63) is 29.8 Å². The van der Waals surface area contributed by atoms with E-state index in [9.17, 15) is 0 Å². The molecule has 2 aliphatic heterocycles. The first-order valence-corrected chi connectivity index (χ1v) is 6.59. The molecule has 1 aromatic rings. The van der Waals surface area contributed by atoms with Gasteiger partial charge in [0.25, 0.3) is 0 Å². The summed E-state index contributed by atoms with van der Waals surface area (Å²) < 4.78 is 17.2. The molecule has 0 spiro atoms. The van der Waals surface area contributed by atoms with Crippen molar-refractivity contribution in [3.63, 3.8) is 0 Å². The normalized spacial score (nSPS) is 28.2. The fraction of sp³-hybridized carbons (Fsp3) is 0.571. The Balaban J connectivity index is 1.75. The molecule has 0 bridgehead atoms. The monoisotopic (exact) mass is 249 g/mol. The number of benzene rings is 1. The minimum atomic E-state index is 0.0947. The molecular weight excluding hydrogens is 230 g/mol. The van der Waals surface area contributed by atoms with E-state index < -0.39 is 0 Å². The van der Waals surface area contributed by atoms with Gasteiger partial charge < -0.3 is 19.5 Å². The number of para-hydroxylation sites is 1. The van der Waals surface area contributed by atoms with Gasteiger partial charge in [-0.2, -0.15) is 0 Å². The Labute approximate surface area is 107 Å². The van der Waals surface area contributed by atoms with E-state index in [2.05, 4.69) is 11.4 Å². The molecule has 2 heterocycles. The van der Waals surface area contributed by atoms with Gasteiger partial charge >= 0.3 is 0 Å². The first-order valence-electron chi connectivity index (χ1n) is 6.59. The van der Waals surface area contributed by atoms with Crippen LogP contribution in [0.3, 0.4) is 0 Å². The van der Waals surface area contributed by atoms with Gasteiger partial charge in [-0.3, -0.25) is 0 Å². The molecule has 4 nitrogen and oxygen atoms in total. The van der Waals surface area contributed by atoms with Gasteiger partial charge in [0.2, 0.25) is 0 Å². The lowest BCUT2D eigenvalue weighted by atomic mass is 10.1. The zero-order chi connectivity index (χ0) is 12.2. The van der Waals surface area contributed by atoms with E-state index in [1.54, 1.807) is 0 Å². The van der Waals surface area contributed by atoms with Gasteiger partial charge in [0.15, 0.2) is 0 Å². The van der Waals surface area contributed by atoms with Crippen LogP contribution in [0.15, 0.2) is 24.3 Å². The van der Waals surface area contributed by atoms with Crippen molar-refractivity contribution in [2.45, 2.75) is 18.6 Å². The SMILES string of the molecule is c1ccc(C2CNCCO2)c(OC2CCOC2)c1. The third kappa shape index (κ3) is 2.66. The summed E-state index contributed by atoms with van der Waals surface area (Å²) in [5.41, 5.74) is 1.14. The second kappa shape index (κ2) is 5.69. The lowest BCUT2D eigenvalue weighted by molar-refractivity contribution is 0.0248. The van der Waals surface area contributed by atoms with Crippen molar-refractivity contribution >= 4 is 0 Å². The fourth-order valence-electron chi connectivity index (χ4n) is 2.40. The largest absolute Gasteiger partial charge is 0.488 e. The molecule has 4 heteroatoms. The topological polar surface area (TPSA) is 39.7 Å². The number of rotatable bonds is 3. The summed E-state index contributed by atoms with van der Waals surface area (Å²) in [5, 5.41) is 3.35. The molecular formula is C14H19NO3. The second-order valence-electron chi connectivity index (χ2n) is 4.70. The highest BCUT2D eigenvalue weighted by molar-refractivity contribution is 5.36. The molecule has 0 radical (unpaired) electrons. The predicted molar refractivity (Wildman–Crippen MR) is 67.9 cm³/mol. The zero-order valence-corrected chi connectivity index (χ0v) is 10.4. The van der Waals surface area contributed by atoms with Crippen LogP contribution in [0.25, 0.3) is 0 Å². The van der Waals surface area contributed by atoms with Gasteiger partial charge in [0.1, 0.15) is 11.9 Å². The van der Waals surface area contributed by atoms with Crippen LogP contribution in [0.2, 0.25) is 0 Å². The Bertz CT molecular complexity index is 384. The molecule has 2 aliphatic rings. The summed E-state index contributed by atoms with van der Waals surface area (Å²) in [6.07, 6.45) is 1.25. The fourth-order valence-corrected chi connectivity index (χ4v) is 2.40. The molecule has 3 rings (SSSR count). The van der Waals surface area contributed by atoms with Crippen molar-refractivity contribution in [2.24, 2.45) is 0 Å². The first-order chi connectivity index (χ1) is 8.93. The Kier molecular flexibility index (Phi) is 3.78. The van der Waals surface area contributed by atoms with E-state index in [1.165, 1.54) is 0 Å². The van der Waals surface area contributed by atoms with Crippen LogP contribution >= 0.6 is 0 Å². The second-order valence-corrected chi connectivity index (χ2v) is 4.70. The number of hydrogen-bond donors (Lipinski definition) is 1. The maximum Gasteiger partial charge on any atom is 0.125 e. The van der Waals surface area contributed by atoms with E-state index in [0.29, 0.717) is 6.61 Å². The van der Waals surface area contributed by atoms with Crippen LogP contribution in [0.1, 0.15) is 18.1 Å². The van der Waals surface area contributed by atoms with Crippen LogP contribution < -0.4 is 10.1 Å². The van der Waals surface area contributed by atoms with Gasteiger partial charge in [-0.05, 0) is 6.07 Å². The third-order valence-electron chi connectivity index (χ3n) is 3.38. The highest BCUT2D eigenvalue weighted by Gasteiger charge is 2.23. The lowest BCUT2D eigenvalue weighted by Gasteiger charge is -2.26. The summed E-state index contributed by atoms with van der Waals surface area (Å²) in [5.74, 6) is 0.932. The minimum absolute atomic E-state index is 0.0947. The van der Waals surface area contributed by atoms with Crippen molar-refractivity contribution in [1.82, 2.24) is 5.32 Å². The van der Waals surface area contributed by atoms with E-state index in [4.69, 9.17) is 14.2 Å². The van der Waals surface area contributed by atoms with E-state index in [-0.39, 0.29) is 12.2 Å². The average Bonchev–Trinajstić information content (AvgIpc) is 2.93. The van der Waals surface area contributed by atoms with E-state index in [0.717, 1.165) is 44.0 Å². The Morgan fingerprint density at radius 2 is 2.17 bits per heavy atom. The van der Waals surface area contributed by atoms with E-state index >= 15 is 0 Å². The molecule has 0 amide bonds. The summed E-state index contributed by atoms with van der Waals surface area (Å²) in [4.78, 5) is 0. The van der Waals surface area contributed by atoms with Gasteiger partial charge in [0.05, 0.1) is 25.9 Å². The van der Waals surface area contributed by atoms with Crippen LogP contribution in [0.4, 0.5) is 0 Å². The average molecular weight is 249 g/mol. The molecule has 0 aromatic heterocycles. The highest BCUT2D eigenvalue weighted by Crippen LogP contribution is 2.29. The van der Waals surface area contributed by atoms with Crippen molar-refractivity contribution in [2.75, 3.05) is 32.9 Å². The molecule has 1 N–H and O–H groups in total. The molecule has 1 aromatic carbocycles. The summed E-state index contributed by atoms with van der Waals surface area (Å²) in [6.45, 7) is 4.02. The van der Waals surface area contributed by atoms with Gasteiger partial charge in [-0.1, -0.05) is 18.2 Å². The molecule has 98 valence electrons. The van der Waals surface area contributed by atoms with Crippen LogP contribution in [-0.2, 0) is 9.47 Å². The van der Waals surface area contributed by atoms with Crippen LogP contribution in [0, 0.1) is 0 Å². The molecule has 2 saturated heterocycles. The summed E-state index contributed by atoms with van der Waals surface area (Å²) in [6, 6.07) is 8.14. The van der Waals surface area contributed by atoms with Gasteiger partial charge in [-0.25, -0.2) is 0 Å². The summed E-state index contributed by atoms with van der Waals surface area (Å²) >= 11 is 0. The number of nitrogens with one attached hydrogen (secondary N) is 1. The molecule has 0 aliphatic carbocycles. The van der Waals surface area contributed by atoms with Crippen LogP contribution in [0.5, 0.6) is 5.75 Å². The van der Waals surface area contributed by atoms with Gasteiger partial charge in [0, 0.05) is 25.1 Å².